The van der Waals surface area contributed by atoms with E-state index in [-0.39, 0.29) is 24.1 Å². The molecule has 124 valence electrons. The van der Waals surface area contributed by atoms with E-state index in [1.54, 1.807) is 14.0 Å². The second-order valence-corrected chi connectivity index (χ2v) is 7.87. The zero-order valence-electron chi connectivity index (χ0n) is 13.5. The highest BCUT2D eigenvalue weighted by molar-refractivity contribution is 7.90. The van der Waals surface area contributed by atoms with Gasteiger partial charge in [-0.25, -0.2) is 8.42 Å². The summed E-state index contributed by atoms with van der Waals surface area (Å²) in [6, 6.07) is 11.6. The maximum atomic E-state index is 12.1. The lowest BCUT2D eigenvalue weighted by Gasteiger charge is -2.13. The van der Waals surface area contributed by atoms with Crippen LogP contribution < -0.4 is 10.1 Å². The van der Waals surface area contributed by atoms with E-state index in [4.69, 9.17) is 4.74 Å². The van der Waals surface area contributed by atoms with E-state index in [1.807, 2.05) is 36.4 Å². The average molecular weight is 335 g/mol. The molecule has 6 heteroatoms. The van der Waals surface area contributed by atoms with Gasteiger partial charge in [0, 0.05) is 12.8 Å². The van der Waals surface area contributed by atoms with E-state index < -0.39 is 9.84 Å². The third kappa shape index (κ3) is 4.69. The molecule has 2 aromatic carbocycles. The lowest BCUT2D eigenvalue weighted by atomic mass is 9.97. The fraction of sp³-hybridized carbons (Fsp3) is 0.353. The summed E-state index contributed by atoms with van der Waals surface area (Å²) >= 11 is 0. The minimum absolute atomic E-state index is 0.0526. The van der Waals surface area contributed by atoms with E-state index in [0.29, 0.717) is 0 Å². The Kier molecular flexibility index (Phi) is 5.26. The number of hydrogen-bond donors (Lipinski definition) is 1. The number of benzene rings is 2. The first kappa shape index (κ1) is 17.3. The van der Waals surface area contributed by atoms with Gasteiger partial charge in [0.1, 0.15) is 15.6 Å². The highest BCUT2D eigenvalue weighted by atomic mass is 32.2. The molecule has 2 rings (SSSR count). The van der Waals surface area contributed by atoms with Crippen molar-refractivity contribution in [2.75, 3.05) is 25.7 Å². The van der Waals surface area contributed by atoms with Crippen molar-refractivity contribution in [2.24, 2.45) is 0 Å². The van der Waals surface area contributed by atoms with Crippen LogP contribution in [0.2, 0.25) is 0 Å². The number of ether oxygens (including phenoxy) is 1. The SMILES string of the molecule is COc1ccc2cc(C(C)C(=O)NCCS(C)(=O)=O)ccc2c1. The monoisotopic (exact) mass is 335 g/mol. The van der Waals surface area contributed by atoms with Crippen molar-refractivity contribution in [3.63, 3.8) is 0 Å². The molecule has 1 N–H and O–H groups in total. The normalized spacial score (nSPS) is 12.8. The van der Waals surface area contributed by atoms with Crippen LogP contribution in [-0.4, -0.2) is 40.0 Å². The summed E-state index contributed by atoms with van der Waals surface area (Å²) in [5, 5.41) is 4.73. The Balaban J connectivity index is 2.11. The van der Waals surface area contributed by atoms with Gasteiger partial charge in [0.15, 0.2) is 0 Å². The third-order valence-corrected chi connectivity index (χ3v) is 4.68. The fourth-order valence-corrected chi connectivity index (χ4v) is 2.78. The van der Waals surface area contributed by atoms with Gasteiger partial charge in [-0.3, -0.25) is 4.79 Å². The van der Waals surface area contributed by atoms with Crippen molar-refractivity contribution in [1.82, 2.24) is 5.32 Å². The highest BCUT2D eigenvalue weighted by Gasteiger charge is 2.16. The van der Waals surface area contributed by atoms with Gasteiger partial charge < -0.3 is 10.1 Å². The molecule has 0 aromatic heterocycles. The lowest BCUT2D eigenvalue weighted by molar-refractivity contribution is -0.122. The second-order valence-electron chi connectivity index (χ2n) is 5.62. The standard InChI is InChI=1S/C17H21NO4S/c1-12(17(19)18-8-9-23(3,20)21)13-4-5-15-11-16(22-2)7-6-14(15)10-13/h4-7,10-12H,8-9H2,1-3H3,(H,18,19). The molecule has 0 aliphatic rings. The summed E-state index contributed by atoms with van der Waals surface area (Å²) in [4.78, 5) is 12.1. The number of sulfone groups is 1. The zero-order chi connectivity index (χ0) is 17.0. The Morgan fingerprint density at radius 3 is 2.48 bits per heavy atom. The van der Waals surface area contributed by atoms with Gasteiger partial charge in [-0.1, -0.05) is 24.3 Å². The van der Waals surface area contributed by atoms with Crippen LogP contribution >= 0.6 is 0 Å². The highest BCUT2D eigenvalue weighted by Crippen LogP contribution is 2.25. The first-order valence-corrected chi connectivity index (χ1v) is 9.39. The van der Waals surface area contributed by atoms with Crippen molar-refractivity contribution in [3.05, 3.63) is 42.0 Å². The Labute approximate surface area is 136 Å². The van der Waals surface area contributed by atoms with Gasteiger partial charge in [0.2, 0.25) is 5.91 Å². The Morgan fingerprint density at radius 2 is 1.83 bits per heavy atom. The summed E-state index contributed by atoms with van der Waals surface area (Å²) in [5.41, 5.74) is 0.888. The number of methoxy groups -OCH3 is 1. The van der Waals surface area contributed by atoms with Gasteiger partial charge >= 0.3 is 0 Å². The van der Waals surface area contributed by atoms with Crippen LogP contribution in [-0.2, 0) is 14.6 Å². The van der Waals surface area contributed by atoms with Crippen molar-refractivity contribution in [3.8, 4) is 5.75 Å². The molecular formula is C17H21NO4S. The predicted octanol–water partition coefficient (Wildman–Crippen LogP) is 2.11. The Hall–Kier alpha value is -2.08. The number of hydrogen-bond acceptors (Lipinski definition) is 4. The van der Waals surface area contributed by atoms with Crippen LogP contribution in [0, 0.1) is 0 Å². The molecule has 0 saturated heterocycles. The lowest BCUT2D eigenvalue weighted by Crippen LogP contribution is -2.32. The minimum atomic E-state index is -3.07. The first-order valence-electron chi connectivity index (χ1n) is 7.33. The molecular weight excluding hydrogens is 314 g/mol. The molecule has 0 saturated carbocycles. The molecule has 1 amide bonds. The summed E-state index contributed by atoms with van der Waals surface area (Å²) in [5.74, 6) is 0.211. The van der Waals surface area contributed by atoms with E-state index in [0.717, 1.165) is 28.3 Å². The smallest absolute Gasteiger partial charge is 0.227 e. The summed E-state index contributed by atoms with van der Waals surface area (Å²) in [6.45, 7) is 1.94. The molecule has 1 unspecified atom stereocenters. The number of carbonyl (C=O) groups is 1. The van der Waals surface area contributed by atoms with Gasteiger partial charge in [-0.2, -0.15) is 0 Å². The maximum Gasteiger partial charge on any atom is 0.227 e. The topological polar surface area (TPSA) is 72.5 Å². The van der Waals surface area contributed by atoms with E-state index >= 15 is 0 Å². The van der Waals surface area contributed by atoms with E-state index in [2.05, 4.69) is 5.32 Å². The van der Waals surface area contributed by atoms with Crippen LogP contribution in [0.3, 0.4) is 0 Å². The van der Waals surface area contributed by atoms with Crippen molar-refractivity contribution in [2.45, 2.75) is 12.8 Å². The molecule has 0 aliphatic carbocycles. The molecule has 0 aliphatic heterocycles. The van der Waals surface area contributed by atoms with Crippen LogP contribution in [0.25, 0.3) is 10.8 Å². The van der Waals surface area contributed by atoms with Crippen LogP contribution in [0.15, 0.2) is 36.4 Å². The van der Waals surface area contributed by atoms with Crippen LogP contribution in [0.4, 0.5) is 0 Å². The molecule has 23 heavy (non-hydrogen) atoms. The van der Waals surface area contributed by atoms with Crippen molar-refractivity contribution < 1.29 is 17.9 Å². The largest absolute Gasteiger partial charge is 0.497 e. The number of fused-ring (bicyclic) bond motifs is 1. The number of amides is 1. The Morgan fingerprint density at radius 1 is 1.17 bits per heavy atom. The van der Waals surface area contributed by atoms with Gasteiger partial charge in [0.05, 0.1) is 18.8 Å². The molecule has 0 spiro atoms. The molecule has 5 nitrogen and oxygen atoms in total. The molecule has 1 atom stereocenters. The van der Waals surface area contributed by atoms with Crippen LogP contribution in [0.1, 0.15) is 18.4 Å². The van der Waals surface area contributed by atoms with Crippen molar-refractivity contribution >= 4 is 26.5 Å². The van der Waals surface area contributed by atoms with Gasteiger partial charge in [-0.05, 0) is 35.4 Å². The summed E-state index contributed by atoms with van der Waals surface area (Å²) < 4.78 is 27.4. The van der Waals surface area contributed by atoms with Gasteiger partial charge in [-0.15, -0.1) is 0 Å². The number of rotatable bonds is 6. The number of carbonyl (C=O) groups excluding carboxylic acids is 1. The summed E-state index contributed by atoms with van der Waals surface area (Å²) in [6.07, 6.45) is 1.15. The molecule has 0 heterocycles. The Bertz CT molecular complexity index is 814. The zero-order valence-corrected chi connectivity index (χ0v) is 14.3. The van der Waals surface area contributed by atoms with Crippen molar-refractivity contribution in [1.29, 1.82) is 0 Å². The molecule has 0 bridgehead atoms. The molecule has 0 fully saturated rings. The quantitative estimate of drug-likeness (QED) is 0.877. The molecule has 0 radical (unpaired) electrons. The van der Waals surface area contributed by atoms with E-state index in [1.165, 1.54) is 0 Å². The van der Waals surface area contributed by atoms with E-state index in [9.17, 15) is 13.2 Å². The predicted molar refractivity (Wildman–Crippen MR) is 91.6 cm³/mol. The fourth-order valence-electron chi connectivity index (χ4n) is 2.30. The van der Waals surface area contributed by atoms with Crippen LogP contribution in [0.5, 0.6) is 5.75 Å². The molecule has 2 aromatic rings. The summed E-state index contributed by atoms with van der Waals surface area (Å²) in [7, 11) is -1.45. The number of nitrogens with one attached hydrogen (secondary N) is 1. The average Bonchev–Trinajstić information content (AvgIpc) is 2.51. The van der Waals surface area contributed by atoms with Gasteiger partial charge in [0.25, 0.3) is 0 Å². The maximum absolute atomic E-state index is 12.1. The minimum Gasteiger partial charge on any atom is -0.497 e. The first-order chi connectivity index (χ1) is 10.8. The second kappa shape index (κ2) is 7.00. The third-order valence-electron chi connectivity index (χ3n) is 3.74.